The molecule has 0 bridgehead atoms. The first-order valence-electron chi connectivity index (χ1n) is 11.1. The minimum atomic E-state index is -0.0902. The van der Waals surface area contributed by atoms with Crippen LogP contribution in [0.15, 0.2) is 61.3 Å². The van der Waals surface area contributed by atoms with Crippen molar-refractivity contribution in [3.8, 4) is 0 Å². The summed E-state index contributed by atoms with van der Waals surface area (Å²) in [6.45, 7) is 12.2. The Morgan fingerprint density at radius 1 is 0.926 bits per heavy atom. The zero-order valence-corrected chi connectivity index (χ0v) is 17.8. The maximum atomic E-state index is 5.96. The Bertz CT molecular complexity index is 541. The minimum absolute atomic E-state index is 0.0659. The topological polar surface area (TPSA) is 9.23 Å². The second-order valence-electron chi connectivity index (χ2n) is 8.30. The summed E-state index contributed by atoms with van der Waals surface area (Å²) < 4.78 is 5.96. The molecule has 0 N–H and O–H groups in total. The third-order valence-electron chi connectivity index (χ3n) is 6.18. The van der Waals surface area contributed by atoms with E-state index in [1.54, 1.807) is 0 Å². The quantitative estimate of drug-likeness (QED) is 0.287. The second-order valence-corrected chi connectivity index (χ2v) is 8.30. The van der Waals surface area contributed by atoms with Gasteiger partial charge >= 0.3 is 0 Å². The maximum Gasteiger partial charge on any atom is 0.0627 e. The van der Waals surface area contributed by atoms with Gasteiger partial charge in [0.2, 0.25) is 0 Å². The fraction of sp³-hybridized carbons (Fsp3) is 0.615. The van der Waals surface area contributed by atoms with Gasteiger partial charge in [0.1, 0.15) is 0 Å². The molecule has 0 spiro atoms. The number of hydrogen-bond donors (Lipinski definition) is 0. The van der Waals surface area contributed by atoms with E-state index < -0.39 is 0 Å². The van der Waals surface area contributed by atoms with Crippen molar-refractivity contribution in [3.63, 3.8) is 0 Å². The molecule has 0 amide bonds. The highest BCUT2D eigenvalue weighted by molar-refractivity contribution is 5.36. The van der Waals surface area contributed by atoms with Crippen molar-refractivity contribution in [2.45, 2.75) is 65.7 Å². The molecule has 2 aliphatic carbocycles. The third-order valence-corrected chi connectivity index (χ3v) is 6.18. The molecule has 0 unspecified atom stereocenters. The smallest absolute Gasteiger partial charge is 0.0627 e. The van der Waals surface area contributed by atoms with Crippen LogP contribution in [-0.4, -0.2) is 13.2 Å². The molecule has 2 rings (SSSR count). The summed E-state index contributed by atoms with van der Waals surface area (Å²) in [5.41, 5.74) is -0.0243. The molecule has 0 aromatic heterocycles. The number of allylic oxidation sites excluding steroid dienone is 6. The molecule has 0 radical (unpaired) electrons. The molecule has 27 heavy (non-hydrogen) atoms. The minimum Gasteiger partial charge on any atom is -0.380 e. The summed E-state index contributed by atoms with van der Waals surface area (Å²) in [4.78, 5) is 0. The molecule has 0 atom stereocenters. The van der Waals surface area contributed by atoms with Crippen LogP contribution in [0.5, 0.6) is 0 Å². The van der Waals surface area contributed by atoms with Crippen LogP contribution in [0.2, 0.25) is 0 Å². The Morgan fingerprint density at radius 3 is 2.11 bits per heavy atom. The molecule has 0 heterocycles. The fourth-order valence-electron chi connectivity index (χ4n) is 4.39. The maximum absolute atomic E-state index is 5.96. The largest absolute Gasteiger partial charge is 0.380 e. The van der Waals surface area contributed by atoms with E-state index in [0.717, 1.165) is 32.5 Å². The molecule has 0 aromatic carbocycles. The van der Waals surface area contributed by atoms with Gasteiger partial charge in [-0.3, -0.25) is 0 Å². The summed E-state index contributed by atoms with van der Waals surface area (Å²) in [6, 6.07) is 0. The van der Waals surface area contributed by atoms with E-state index in [2.05, 4.69) is 82.0 Å². The van der Waals surface area contributed by atoms with Gasteiger partial charge in [-0.2, -0.15) is 0 Å². The molecular weight excluding hydrogens is 328 g/mol. The third kappa shape index (κ3) is 5.82. The van der Waals surface area contributed by atoms with Crippen molar-refractivity contribution in [2.75, 3.05) is 13.2 Å². The van der Waals surface area contributed by atoms with Gasteiger partial charge in [0, 0.05) is 17.4 Å². The van der Waals surface area contributed by atoms with Crippen LogP contribution in [0, 0.1) is 22.7 Å². The monoisotopic (exact) mass is 368 g/mol. The van der Waals surface area contributed by atoms with Crippen LogP contribution in [0.3, 0.4) is 0 Å². The summed E-state index contributed by atoms with van der Waals surface area (Å²) in [6.07, 6.45) is 29.7. The molecule has 1 heteroatoms. The van der Waals surface area contributed by atoms with Gasteiger partial charge in [-0.25, -0.2) is 0 Å². The molecule has 2 aliphatic rings. The van der Waals surface area contributed by atoms with E-state index in [0.29, 0.717) is 11.8 Å². The average molecular weight is 369 g/mol. The van der Waals surface area contributed by atoms with Gasteiger partial charge in [-0.05, 0) is 56.8 Å². The van der Waals surface area contributed by atoms with Gasteiger partial charge in [0.25, 0.3) is 0 Å². The molecule has 0 aromatic rings. The van der Waals surface area contributed by atoms with E-state index in [4.69, 9.17) is 4.74 Å². The Labute approximate surface area is 168 Å². The van der Waals surface area contributed by atoms with E-state index in [1.807, 2.05) is 0 Å². The number of ether oxygens (including phenoxy) is 1. The summed E-state index contributed by atoms with van der Waals surface area (Å²) in [5, 5.41) is 0. The molecule has 0 aliphatic heterocycles. The van der Waals surface area contributed by atoms with E-state index in [-0.39, 0.29) is 10.8 Å². The second kappa shape index (κ2) is 10.9. The Morgan fingerprint density at radius 2 is 1.56 bits per heavy atom. The zero-order valence-electron chi connectivity index (χ0n) is 17.8. The summed E-state index contributed by atoms with van der Waals surface area (Å²) in [5.74, 6) is 1.40. The predicted molar refractivity (Wildman–Crippen MR) is 119 cm³/mol. The summed E-state index contributed by atoms with van der Waals surface area (Å²) in [7, 11) is 0. The normalized spacial score (nSPS) is 33.9. The highest BCUT2D eigenvalue weighted by atomic mass is 16.5. The highest BCUT2D eigenvalue weighted by Crippen LogP contribution is 2.47. The van der Waals surface area contributed by atoms with Gasteiger partial charge in [0.05, 0.1) is 6.61 Å². The predicted octanol–water partition coefficient (Wildman–Crippen LogP) is 7.44. The van der Waals surface area contributed by atoms with Crippen molar-refractivity contribution in [3.05, 3.63) is 61.3 Å². The Kier molecular flexibility index (Phi) is 8.83. The highest BCUT2D eigenvalue weighted by Gasteiger charge is 2.38. The first kappa shape index (κ1) is 22.0. The van der Waals surface area contributed by atoms with Crippen LogP contribution < -0.4 is 0 Å². The zero-order chi connectivity index (χ0) is 19.6. The van der Waals surface area contributed by atoms with Crippen molar-refractivity contribution < 1.29 is 4.74 Å². The van der Waals surface area contributed by atoms with Crippen molar-refractivity contribution in [1.29, 1.82) is 0 Å². The lowest BCUT2D eigenvalue weighted by Gasteiger charge is -2.42. The van der Waals surface area contributed by atoms with E-state index in [1.165, 1.54) is 25.7 Å². The Balaban J connectivity index is 2.23. The lowest BCUT2D eigenvalue weighted by Crippen LogP contribution is -2.33. The molecule has 0 saturated heterocycles. The van der Waals surface area contributed by atoms with Crippen LogP contribution in [0.1, 0.15) is 65.7 Å². The van der Waals surface area contributed by atoms with Crippen LogP contribution in [0.25, 0.3) is 0 Å². The molecule has 1 fully saturated rings. The molecule has 1 saturated carbocycles. The van der Waals surface area contributed by atoms with Crippen LogP contribution in [-0.2, 0) is 4.74 Å². The first-order chi connectivity index (χ1) is 13.1. The Hall–Kier alpha value is -1.34. The van der Waals surface area contributed by atoms with Crippen molar-refractivity contribution in [1.82, 2.24) is 0 Å². The molecule has 150 valence electrons. The fourth-order valence-corrected chi connectivity index (χ4v) is 4.39. The summed E-state index contributed by atoms with van der Waals surface area (Å²) >= 11 is 0. The standard InChI is InChI=1S/C26H40O/c1-5-9-15-25(22-27-21-7-3)17-19-26(20-18-25,16-10-6-2)24-13-11-23(8-4)12-14-24/h8-10,15-20,23-24H,4-7,11-14,21-22H2,1-3H3. The lowest BCUT2D eigenvalue weighted by atomic mass is 9.63. The van der Waals surface area contributed by atoms with E-state index in [9.17, 15) is 0 Å². The van der Waals surface area contributed by atoms with Crippen molar-refractivity contribution in [2.24, 2.45) is 22.7 Å². The van der Waals surface area contributed by atoms with Crippen LogP contribution >= 0.6 is 0 Å². The van der Waals surface area contributed by atoms with E-state index >= 15 is 0 Å². The van der Waals surface area contributed by atoms with Gasteiger partial charge in [-0.15, -0.1) is 6.58 Å². The van der Waals surface area contributed by atoms with Crippen LogP contribution in [0.4, 0.5) is 0 Å². The lowest BCUT2D eigenvalue weighted by molar-refractivity contribution is 0.102. The number of hydrogen-bond acceptors (Lipinski definition) is 1. The molecule has 1 nitrogen and oxygen atoms in total. The first-order valence-corrected chi connectivity index (χ1v) is 11.1. The average Bonchev–Trinajstić information content (AvgIpc) is 2.72. The van der Waals surface area contributed by atoms with Gasteiger partial charge in [-0.1, -0.05) is 75.5 Å². The van der Waals surface area contributed by atoms with Crippen molar-refractivity contribution >= 4 is 0 Å². The van der Waals surface area contributed by atoms with Gasteiger partial charge < -0.3 is 4.74 Å². The molecular formula is C26H40O. The SMILES string of the molecule is C=CC1CCC(C2(C=CCC)C=CC(C=CCC)(COCCC)C=C2)CC1. The van der Waals surface area contributed by atoms with Gasteiger partial charge in [0.15, 0.2) is 0 Å². The number of rotatable bonds is 10.